The van der Waals surface area contributed by atoms with E-state index in [2.05, 4.69) is 52.0 Å². The van der Waals surface area contributed by atoms with Crippen LogP contribution in [0.15, 0.2) is 4.47 Å². The molecule has 4 nitrogen and oxygen atoms in total. The van der Waals surface area contributed by atoms with Crippen LogP contribution in [0.25, 0.3) is 0 Å². The third-order valence-electron chi connectivity index (χ3n) is 3.94. The van der Waals surface area contributed by atoms with E-state index in [1.807, 2.05) is 18.7 Å². The number of nitrogens with one attached hydrogen (secondary N) is 1. The first-order valence-electron chi connectivity index (χ1n) is 6.92. The van der Waals surface area contributed by atoms with Crippen LogP contribution in [-0.4, -0.2) is 40.4 Å². The highest BCUT2D eigenvalue weighted by atomic mass is 79.9. The second-order valence-electron chi connectivity index (χ2n) is 6.58. The number of halogens is 1. The van der Waals surface area contributed by atoms with E-state index in [4.69, 9.17) is 0 Å². The van der Waals surface area contributed by atoms with Crippen LogP contribution in [0.4, 0.5) is 0 Å². The van der Waals surface area contributed by atoms with Crippen molar-refractivity contribution in [1.82, 2.24) is 20.0 Å². The van der Waals surface area contributed by atoms with Gasteiger partial charge in [-0.2, -0.15) is 5.10 Å². The molecular weight excluding hydrogens is 304 g/mol. The highest BCUT2D eigenvalue weighted by Crippen LogP contribution is 2.25. The number of piperazine rings is 1. The van der Waals surface area contributed by atoms with E-state index >= 15 is 0 Å². The maximum absolute atomic E-state index is 4.47. The SMILES string of the molecule is Cc1nn(C)c(CN2CCNC(C(C)(C)C)C2)c1Br. The van der Waals surface area contributed by atoms with E-state index in [1.54, 1.807) is 0 Å². The van der Waals surface area contributed by atoms with E-state index in [0.29, 0.717) is 11.5 Å². The lowest BCUT2D eigenvalue weighted by molar-refractivity contribution is 0.127. The first-order chi connectivity index (χ1) is 8.79. The Kier molecular flexibility index (Phi) is 4.38. The Bertz CT molecular complexity index is 447. The number of hydrogen-bond donors (Lipinski definition) is 1. The molecule has 1 saturated heterocycles. The second kappa shape index (κ2) is 5.54. The van der Waals surface area contributed by atoms with Crippen molar-refractivity contribution in [2.45, 2.75) is 40.3 Å². The Morgan fingerprint density at radius 2 is 2.11 bits per heavy atom. The van der Waals surface area contributed by atoms with Gasteiger partial charge in [0.25, 0.3) is 0 Å². The van der Waals surface area contributed by atoms with Crippen LogP contribution in [-0.2, 0) is 13.6 Å². The Morgan fingerprint density at radius 3 is 2.63 bits per heavy atom. The summed E-state index contributed by atoms with van der Waals surface area (Å²) in [6, 6.07) is 0.550. The van der Waals surface area contributed by atoms with Crippen molar-refractivity contribution in [3.05, 3.63) is 15.9 Å². The van der Waals surface area contributed by atoms with Crippen LogP contribution in [0.3, 0.4) is 0 Å². The molecule has 108 valence electrons. The number of hydrogen-bond acceptors (Lipinski definition) is 3. The topological polar surface area (TPSA) is 33.1 Å². The van der Waals surface area contributed by atoms with Crippen LogP contribution >= 0.6 is 15.9 Å². The molecule has 5 heteroatoms. The molecule has 0 aromatic carbocycles. The standard InChI is InChI=1S/C14H25BrN4/c1-10-13(15)11(18(5)17-10)8-19-7-6-16-12(9-19)14(2,3)4/h12,16H,6-9H2,1-5H3. The average molecular weight is 329 g/mol. The summed E-state index contributed by atoms with van der Waals surface area (Å²) in [5.74, 6) is 0. The molecule has 0 spiro atoms. The lowest BCUT2D eigenvalue weighted by atomic mass is 9.85. The summed E-state index contributed by atoms with van der Waals surface area (Å²) in [4.78, 5) is 2.52. The largest absolute Gasteiger partial charge is 0.311 e. The smallest absolute Gasteiger partial charge is 0.0739 e. The van der Waals surface area contributed by atoms with Crippen LogP contribution in [0.2, 0.25) is 0 Å². The number of aromatic nitrogens is 2. The van der Waals surface area contributed by atoms with Crippen molar-refractivity contribution < 1.29 is 0 Å². The van der Waals surface area contributed by atoms with Gasteiger partial charge >= 0.3 is 0 Å². The molecule has 1 N–H and O–H groups in total. The van der Waals surface area contributed by atoms with Gasteiger partial charge in [0.15, 0.2) is 0 Å². The van der Waals surface area contributed by atoms with Gasteiger partial charge in [0.1, 0.15) is 0 Å². The molecular formula is C14H25BrN4. The number of nitrogens with zero attached hydrogens (tertiary/aromatic N) is 3. The molecule has 0 bridgehead atoms. The van der Waals surface area contributed by atoms with Gasteiger partial charge in [-0.25, -0.2) is 0 Å². The van der Waals surface area contributed by atoms with Crippen LogP contribution in [0, 0.1) is 12.3 Å². The van der Waals surface area contributed by atoms with Crippen molar-refractivity contribution in [1.29, 1.82) is 0 Å². The van der Waals surface area contributed by atoms with Gasteiger partial charge in [0, 0.05) is 39.3 Å². The van der Waals surface area contributed by atoms with Gasteiger partial charge in [-0.15, -0.1) is 0 Å². The van der Waals surface area contributed by atoms with Crippen LogP contribution < -0.4 is 5.32 Å². The molecule has 19 heavy (non-hydrogen) atoms. The molecule has 2 heterocycles. The monoisotopic (exact) mass is 328 g/mol. The maximum Gasteiger partial charge on any atom is 0.0739 e. The quantitative estimate of drug-likeness (QED) is 0.904. The van der Waals surface area contributed by atoms with E-state index < -0.39 is 0 Å². The van der Waals surface area contributed by atoms with Gasteiger partial charge in [-0.1, -0.05) is 20.8 Å². The van der Waals surface area contributed by atoms with Gasteiger partial charge < -0.3 is 5.32 Å². The predicted octanol–water partition coefficient (Wildman–Crippen LogP) is 2.31. The lowest BCUT2D eigenvalue weighted by Gasteiger charge is -2.40. The molecule has 1 aromatic rings. The summed E-state index contributed by atoms with van der Waals surface area (Å²) < 4.78 is 3.15. The zero-order chi connectivity index (χ0) is 14.2. The molecule has 1 atom stereocenters. The van der Waals surface area contributed by atoms with Gasteiger partial charge in [-0.05, 0) is 28.3 Å². The molecule has 1 unspecified atom stereocenters. The minimum atomic E-state index is 0.304. The summed E-state index contributed by atoms with van der Waals surface area (Å²) in [5, 5.41) is 8.10. The third kappa shape index (κ3) is 3.38. The van der Waals surface area contributed by atoms with E-state index in [0.717, 1.165) is 36.3 Å². The molecule has 0 amide bonds. The summed E-state index contributed by atoms with van der Waals surface area (Å²) in [6.07, 6.45) is 0. The average Bonchev–Trinajstić information content (AvgIpc) is 2.55. The molecule has 2 rings (SSSR count). The fourth-order valence-corrected chi connectivity index (χ4v) is 3.06. The lowest BCUT2D eigenvalue weighted by Crippen LogP contribution is -2.55. The van der Waals surface area contributed by atoms with E-state index in [-0.39, 0.29) is 0 Å². The first kappa shape index (κ1) is 15.0. The Morgan fingerprint density at radius 1 is 1.42 bits per heavy atom. The normalized spacial score (nSPS) is 21.9. The zero-order valence-corrected chi connectivity index (χ0v) is 14.2. The van der Waals surface area contributed by atoms with Gasteiger partial charge in [0.05, 0.1) is 15.9 Å². The Labute approximate surface area is 124 Å². The molecule has 1 aliphatic heterocycles. The minimum Gasteiger partial charge on any atom is -0.311 e. The summed E-state index contributed by atoms with van der Waals surface area (Å²) >= 11 is 3.66. The number of aryl methyl sites for hydroxylation is 2. The van der Waals surface area contributed by atoms with Crippen LogP contribution in [0.1, 0.15) is 32.2 Å². The van der Waals surface area contributed by atoms with Crippen molar-refractivity contribution in [2.75, 3.05) is 19.6 Å². The molecule has 0 aliphatic carbocycles. The van der Waals surface area contributed by atoms with Crippen molar-refractivity contribution in [2.24, 2.45) is 12.5 Å². The van der Waals surface area contributed by atoms with Gasteiger partial charge in [0.2, 0.25) is 0 Å². The Hall–Kier alpha value is -0.390. The van der Waals surface area contributed by atoms with Crippen molar-refractivity contribution in [3.8, 4) is 0 Å². The predicted molar refractivity (Wildman–Crippen MR) is 82.2 cm³/mol. The summed E-state index contributed by atoms with van der Waals surface area (Å²) in [6.45, 7) is 13.2. The second-order valence-corrected chi connectivity index (χ2v) is 7.37. The number of rotatable bonds is 2. The Balaban J connectivity index is 2.07. The van der Waals surface area contributed by atoms with Crippen molar-refractivity contribution in [3.63, 3.8) is 0 Å². The fourth-order valence-electron chi connectivity index (χ4n) is 2.60. The summed E-state index contributed by atoms with van der Waals surface area (Å²) in [7, 11) is 2.02. The van der Waals surface area contributed by atoms with Crippen LogP contribution in [0.5, 0.6) is 0 Å². The minimum absolute atomic E-state index is 0.304. The highest BCUT2D eigenvalue weighted by Gasteiger charge is 2.29. The molecule has 1 aliphatic rings. The molecule has 0 radical (unpaired) electrons. The van der Waals surface area contributed by atoms with Gasteiger partial charge in [-0.3, -0.25) is 9.58 Å². The maximum atomic E-state index is 4.47. The van der Waals surface area contributed by atoms with E-state index in [1.165, 1.54) is 5.69 Å². The third-order valence-corrected chi connectivity index (χ3v) is 4.97. The highest BCUT2D eigenvalue weighted by molar-refractivity contribution is 9.10. The first-order valence-corrected chi connectivity index (χ1v) is 7.72. The zero-order valence-electron chi connectivity index (χ0n) is 12.6. The molecule has 1 aromatic heterocycles. The van der Waals surface area contributed by atoms with E-state index in [9.17, 15) is 0 Å². The molecule has 1 fully saturated rings. The summed E-state index contributed by atoms with van der Waals surface area (Å²) in [5.41, 5.74) is 2.64. The van der Waals surface area contributed by atoms with Crippen molar-refractivity contribution >= 4 is 15.9 Å². The molecule has 0 saturated carbocycles. The fraction of sp³-hybridized carbons (Fsp3) is 0.786.